The van der Waals surface area contributed by atoms with Crippen LogP contribution in [0.2, 0.25) is 0 Å². The van der Waals surface area contributed by atoms with Gasteiger partial charge in [0.05, 0.1) is 0 Å². The summed E-state index contributed by atoms with van der Waals surface area (Å²) in [6, 6.07) is 0. The zero-order chi connectivity index (χ0) is 12.1. The minimum Gasteiger partial charge on any atom is -0.382 e. The molecule has 94 valence electrons. The molecule has 0 aromatic heterocycles. The summed E-state index contributed by atoms with van der Waals surface area (Å²) in [5, 5.41) is 6.48. The number of allylic oxidation sites excluding steroid dienone is 1. The van der Waals surface area contributed by atoms with Gasteiger partial charge in [-0.05, 0) is 26.7 Å². The zero-order valence-electron chi connectivity index (χ0n) is 10.8. The van der Waals surface area contributed by atoms with E-state index in [1.807, 2.05) is 13.8 Å². The third-order valence-corrected chi connectivity index (χ3v) is 2.02. The van der Waals surface area contributed by atoms with Crippen molar-refractivity contribution in [3.05, 3.63) is 12.2 Å². The van der Waals surface area contributed by atoms with Crippen LogP contribution in [-0.4, -0.2) is 39.3 Å². The molecule has 0 bridgehead atoms. The number of rotatable bonds is 8. The van der Waals surface area contributed by atoms with Crippen LogP contribution in [0, 0.1) is 0 Å². The summed E-state index contributed by atoms with van der Waals surface area (Å²) in [6.07, 6.45) is 6.22. The highest BCUT2D eigenvalue weighted by Gasteiger charge is 1.94. The van der Waals surface area contributed by atoms with Gasteiger partial charge in [0.1, 0.15) is 0 Å². The van der Waals surface area contributed by atoms with Crippen LogP contribution >= 0.6 is 0 Å². The van der Waals surface area contributed by atoms with Gasteiger partial charge >= 0.3 is 0 Å². The van der Waals surface area contributed by atoms with E-state index in [-0.39, 0.29) is 0 Å². The van der Waals surface area contributed by atoms with Crippen LogP contribution in [0.5, 0.6) is 0 Å². The van der Waals surface area contributed by atoms with E-state index in [0.29, 0.717) is 0 Å². The normalized spacial score (nSPS) is 12.1. The standard InChI is InChI=1S/C12H25N3O/c1-4-6-7-9-14-12(13-3)15-10-8-11-16-5-2/h4,6H,5,7-11H2,1-3H3,(H2,13,14,15). The smallest absolute Gasteiger partial charge is 0.190 e. The number of nitrogens with one attached hydrogen (secondary N) is 2. The minimum absolute atomic E-state index is 0.788. The zero-order valence-corrected chi connectivity index (χ0v) is 10.8. The lowest BCUT2D eigenvalue weighted by Crippen LogP contribution is -2.38. The van der Waals surface area contributed by atoms with Crippen LogP contribution in [0.25, 0.3) is 0 Å². The second-order valence-electron chi connectivity index (χ2n) is 3.33. The maximum Gasteiger partial charge on any atom is 0.190 e. The van der Waals surface area contributed by atoms with Gasteiger partial charge in [0.15, 0.2) is 5.96 Å². The Morgan fingerprint density at radius 1 is 1.31 bits per heavy atom. The third kappa shape index (κ3) is 9.52. The van der Waals surface area contributed by atoms with Crippen LogP contribution in [0.3, 0.4) is 0 Å². The second-order valence-corrected chi connectivity index (χ2v) is 3.33. The van der Waals surface area contributed by atoms with E-state index in [0.717, 1.165) is 45.1 Å². The summed E-state index contributed by atoms with van der Waals surface area (Å²) in [7, 11) is 1.79. The second kappa shape index (κ2) is 12.0. The van der Waals surface area contributed by atoms with Crippen LogP contribution in [0.4, 0.5) is 0 Å². The van der Waals surface area contributed by atoms with Gasteiger partial charge in [-0.2, -0.15) is 0 Å². The monoisotopic (exact) mass is 227 g/mol. The average Bonchev–Trinajstić information content (AvgIpc) is 2.31. The Hall–Kier alpha value is -1.03. The lowest BCUT2D eigenvalue weighted by Gasteiger charge is -2.10. The van der Waals surface area contributed by atoms with Crippen molar-refractivity contribution in [1.82, 2.24) is 10.6 Å². The molecule has 16 heavy (non-hydrogen) atoms. The van der Waals surface area contributed by atoms with Crippen molar-refractivity contribution in [3.8, 4) is 0 Å². The van der Waals surface area contributed by atoms with E-state index in [1.54, 1.807) is 7.05 Å². The maximum atomic E-state index is 5.25. The molecule has 0 aromatic rings. The molecule has 0 spiro atoms. The number of hydrogen-bond acceptors (Lipinski definition) is 2. The van der Waals surface area contributed by atoms with Crippen molar-refractivity contribution in [2.75, 3.05) is 33.4 Å². The van der Waals surface area contributed by atoms with Crippen molar-refractivity contribution >= 4 is 5.96 Å². The largest absolute Gasteiger partial charge is 0.382 e. The molecule has 0 aliphatic rings. The molecule has 0 saturated heterocycles. The average molecular weight is 227 g/mol. The van der Waals surface area contributed by atoms with Gasteiger partial charge in [-0.15, -0.1) is 0 Å². The van der Waals surface area contributed by atoms with E-state index in [2.05, 4.69) is 27.8 Å². The first-order valence-corrected chi connectivity index (χ1v) is 5.98. The van der Waals surface area contributed by atoms with E-state index >= 15 is 0 Å². The number of hydrogen-bond donors (Lipinski definition) is 2. The summed E-state index contributed by atoms with van der Waals surface area (Å²) in [5.41, 5.74) is 0. The van der Waals surface area contributed by atoms with Gasteiger partial charge in [-0.3, -0.25) is 4.99 Å². The first-order valence-electron chi connectivity index (χ1n) is 5.98. The van der Waals surface area contributed by atoms with Crippen LogP contribution in [-0.2, 0) is 4.74 Å². The molecule has 0 saturated carbocycles. The molecule has 0 aliphatic heterocycles. The van der Waals surface area contributed by atoms with E-state index < -0.39 is 0 Å². The van der Waals surface area contributed by atoms with Gasteiger partial charge in [0.25, 0.3) is 0 Å². The van der Waals surface area contributed by atoms with E-state index in [9.17, 15) is 0 Å². The molecule has 2 N–H and O–H groups in total. The Morgan fingerprint density at radius 2 is 2.06 bits per heavy atom. The summed E-state index contributed by atoms with van der Waals surface area (Å²) in [4.78, 5) is 4.13. The predicted octanol–water partition coefficient (Wildman–Crippen LogP) is 1.54. The van der Waals surface area contributed by atoms with Gasteiger partial charge in [0, 0.05) is 33.4 Å². The van der Waals surface area contributed by atoms with E-state index in [1.165, 1.54) is 0 Å². The Bertz CT molecular complexity index is 202. The van der Waals surface area contributed by atoms with Crippen molar-refractivity contribution in [2.24, 2.45) is 4.99 Å². The van der Waals surface area contributed by atoms with Crippen LogP contribution in [0.1, 0.15) is 26.7 Å². The summed E-state index contributed by atoms with van der Waals surface area (Å²) >= 11 is 0. The Balaban J connectivity index is 3.45. The van der Waals surface area contributed by atoms with Gasteiger partial charge in [-0.1, -0.05) is 12.2 Å². The minimum atomic E-state index is 0.788. The molecule has 0 radical (unpaired) electrons. The Labute approximate surface area is 99.2 Å². The van der Waals surface area contributed by atoms with Crippen LogP contribution < -0.4 is 10.6 Å². The first-order chi connectivity index (χ1) is 7.85. The molecule has 0 aliphatic carbocycles. The van der Waals surface area contributed by atoms with Gasteiger partial charge in [-0.25, -0.2) is 0 Å². The first kappa shape index (κ1) is 15.0. The highest BCUT2D eigenvalue weighted by molar-refractivity contribution is 5.79. The fourth-order valence-corrected chi connectivity index (χ4v) is 1.19. The van der Waals surface area contributed by atoms with Crippen molar-refractivity contribution in [2.45, 2.75) is 26.7 Å². The fourth-order valence-electron chi connectivity index (χ4n) is 1.19. The molecule has 0 amide bonds. The molecule has 0 atom stereocenters. The SMILES string of the molecule is CC=CCCNC(=NC)NCCCOCC. The Morgan fingerprint density at radius 3 is 2.69 bits per heavy atom. The molecular formula is C12H25N3O. The van der Waals surface area contributed by atoms with Gasteiger partial charge < -0.3 is 15.4 Å². The number of nitrogens with zero attached hydrogens (tertiary/aromatic N) is 1. The fraction of sp³-hybridized carbons (Fsp3) is 0.750. The van der Waals surface area contributed by atoms with E-state index in [4.69, 9.17) is 4.74 Å². The summed E-state index contributed by atoms with van der Waals surface area (Å²) in [6.45, 7) is 7.43. The predicted molar refractivity (Wildman–Crippen MR) is 69.9 cm³/mol. The quantitative estimate of drug-likeness (QED) is 0.286. The third-order valence-electron chi connectivity index (χ3n) is 2.02. The maximum absolute atomic E-state index is 5.25. The molecule has 4 heteroatoms. The van der Waals surface area contributed by atoms with Crippen molar-refractivity contribution in [1.29, 1.82) is 0 Å². The number of aliphatic imine (C=N–C) groups is 1. The number of guanidine groups is 1. The molecule has 0 unspecified atom stereocenters. The van der Waals surface area contributed by atoms with Crippen molar-refractivity contribution in [3.63, 3.8) is 0 Å². The highest BCUT2D eigenvalue weighted by atomic mass is 16.5. The molecule has 4 nitrogen and oxygen atoms in total. The lowest BCUT2D eigenvalue weighted by atomic mass is 10.4. The van der Waals surface area contributed by atoms with Gasteiger partial charge in [0.2, 0.25) is 0 Å². The summed E-state index contributed by atoms with van der Waals surface area (Å²) < 4.78 is 5.25. The molecule has 0 heterocycles. The highest BCUT2D eigenvalue weighted by Crippen LogP contribution is 1.82. The van der Waals surface area contributed by atoms with Crippen molar-refractivity contribution < 1.29 is 4.74 Å². The molecule has 0 rings (SSSR count). The van der Waals surface area contributed by atoms with Crippen LogP contribution in [0.15, 0.2) is 17.1 Å². The topological polar surface area (TPSA) is 45.7 Å². The summed E-state index contributed by atoms with van der Waals surface area (Å²) in [5.74, 6) is 0.862. The molecule has 0 aromatic carbocycles. The molecule has 0 fully saturated rings. The Kier molecular flexibility index (Phi) is 11.3. The molecular weight excluding hydrogens is 202 g/mol. The lowest BCUT2D eigenvalue weighted by molar-refractivity contribution is 0.145. The number of ether oxygens (including phenoxy) is 1.